The molecule has 1 heterocycles. The van der Waals surface area contributed by atoms with Gasteiger partial charge in [-0.05, 0) is 43.8 Å². The molecule has 0 saturated heterocycles. The van der Waals surface area contributed by atoms with Crippen LogP contribution < -0.4 is 0 Å². The predicted octanol–water partition coefficient (Wildman–Crippen LogP) is 3.48. The number of nitrogens with one attached hydrogen (secondary N) is 1. The van der Waals surface area contributed by atoms with E-state index in [2.05, 4.69) is 43.1 Å². The minimum atomic E-state index is 0.686. The van der Waals surface area contributed by atoms with Gasteiger partial charge < -0.3 is 0 Å². The molecule has 0 saturated carbocycles. The van der Waals surface area contributed by atoms with Crippen LogP contribution in [0.4, 0.5) is 0 Å². The molecule has 1 aromatic rings. The SMILES string of the molecule is C/C=C\C1=C(c2cn[nH]c2C)CCC1C. The molecule has 0 aromatic carbocycles. The summed E-state index contributed by atoms with van der Waals surface area (Å²) >= 11 is 0. The maximum Gasteiger partial charge on any atom is 0.0565 e. The van der Waals surface area contributed by atoms with E-state index < -0.39 is 0 Å². The quantitative estimate of drug-likeness (QED) is 0.781. The molecule has 1 aromatic heterocycles. The molecule has 2 heteroatoms. The van der Waals surface area contributed by atoms with E-state index in [1.807, 2.05) is 6.20 Å². The second-order valence-electron chi connectivity index (χ2n) is 4.28. The second kappa shape index (κ2) is 4.05. The summed E-state index contributed by atoms with van der Waals surface area (Å²) in [7, 11) is 0. The predicted molar refractivity (Wildman–Crippen MR) is 63.5 cm³/mol. The fourth-order valence-corrected chi connectivity index (χ4v) is 2.35. The minimum Gasteiger partial charge on any atom is -0.282 e. The Morgan fingerprint density at radius 3 is 2.93 bits per heavy atom. The molecular weight excluding hydrogens is 184 g/mol. The smallest absolute Gasteiger partial charge is 0.0565 e. The van der Waals surface area contributed by atoms with Crippen LogP contribution in [0.15, 0.2) is 23.9 Å². The molecule has 2 rings (SSSR count). The maximum atomic E-state index is 4.10. The fourth-order valence-electron chi connectivity index (χ4n) is 2.35. The van der Waals surface area contributed by atoms with Crippen LogP contribution in [0.25, 0.3) is 5.57 Å². The van der Waals surface area contributed by atoms with Gasteiger partial charge in [-0.2, -0.15) is 5.10 Å². The first-order valence-electron chi connectivity index (χ1n) is 5.60. The highest BCUT2D eigenvalue weighted by molar-refractivity contribution is 5.74. The summed E-state index contributed by atoms with van der Waals surface area (Å²) in [6, 6.07) is 0. The van der Waals surface area contributed by atoms with Gasteiger partial charge in [0.25, 0.3) is 0 Å². The average Bonchev–Trinajstić information content (AvgIpc) is 2.76. The number of hydrogen-bond acceptors (Lipinski definition) is 1. The molecular formula is C13H18N2. The van der Waals surface area contributed by atoms with Gasteiger partial charge in [-0.1, -0.05) is 19.1 Å². The van der Waals surface area contributed by atoms with Crippen LogP contribution in [0.2, 0.25) is 0 Å². The van der Waals surface area contributed by atoms with Gasteiger partial charge in [0.2, 0.25) is 0 Å². The van der Waals surface area contributed by atoms with Crippen molar-refractivity contribution in [2.75, 3.05) is 0 Å². The van der Waals surface area contributed by atoms with Crippen LogP contribution in [0.1, 0.15) is 37.9 Å². The van der Waals surface area contributed by atoms with Gasteiger partial charge in [0.15, 0.2) is 0 Å². The van der Waals surface area contributed by atoms with E-state index in [9.17, 15) is 0 Å². The van der Waals surface area contributed by atoms with Crippen LogP contribution in [0.3, 0.4) is 0 Å². The Hall–Kier alpha value is -1.31. The maximum absolute atomic E-state index is 4.10. The summed E-state index contributed by atoms with van der Waals surface area (Å²) < 4.78 is 0. The summed E-state index contributed by atoms with van der Waals surface area (Å²) in [6.45, 7) is 6.47. The Morgan fingerprint density at radius 2 is 2.33 bits per heavy atom. The molecule has 1 aliphatic carbocycles. The van der Waals surface area contributed by atoms with Gasteiger partial charge in [0.05, 0.1) is 6.20 Å². The van der Waals surface area contributed by atoms with Crippen molar-refractivity contribution in [1.29, 1.82) is 0 Å². The van der Waals surface area contributed by atoms with Crippen molar-refractivity contribution < 1.29 is 0 Å². The molecule has 1 aliphatic rings. The summed E-state index contributed by atoms with van der Waals surface area (Å²) in [4.78, 5) is 0. The van der Waals surface area contributed by atoms with Crippen molar-refractivity contribution >= 4 is 5.57 Å². The number of H-pyrrole nitrogens is 1. The molecule has 0 aliphatic heterocycles. The first-order chi connectivity index (χ1) is 7.24. The lowest BCUT2D eigenvalue weighted by atomic mass is 9.99. The molecule has 0 amide bonds. The average molecular weight is 202 g/mol. The number of aromatic nitrogens is 2. The van der Waals surface area contributed by atoms with Crippen LogP contribution in [-0.4, -0.2) is 10.2 Å². The lowest BCUT2D eigenvalue weighted by Crippen LogP contribution is -1.90. The van der Waals surface area contributed by atoms with Gasteiger partial charge in [0.1, 0.15) is 0 Å². The number of aryl methyl sites for hydroxylation is 1. The summed E-state index contributed by atoms with van der Waals surface area (Å²) in [5, 5.41) is 7.12. The number of aromatic amines is 1. The molecule has 1 atom stereocenters. The number of nitrogens with zero attached hydrogens (tertiary/aromatic N) is 1. The Labute approximate surface area is 91.1 Å². The zero-order valence-corrected chi connectivity index (χ0v) is 9.67. The molecule has 1 unspecified atom stereocenters. The largest absolute Gasteiger partial charge is 0.282 e. The van der Waals surface area contributed by atoms with E-state index in [4.69, 9.17) is 0 Å². The standard InChI is InChI=1S/C13H18N2/c1-4-5-11-9(2)6-7-12(11)13-8-14-15-10(13)3/h4-5,8-9H,6-7H2,1-3H3,(H,14,15)/b5-4-. The number of allylic oxidation sites excluding steroid dienone is 4. The topological polar surface area (TPSA) is 28.7 Å². The Morgan fingerprint density at radius 1 is 1.53 bits per heavy atom. The number of rotatable bonds is 2. The van der Waals surface area contributed by atoms with Gasteiger partial charge in [-0.25, -0.2) is 0 Å². The second-order valence-corrected chi connectivity index (χ2v) is 4.28. The zero-order valence-electron chi connectivity index (χ0n) is 9.67. The van der Waals surface area contributed by atoms with Gasteiger partial charge in [-0.3, -0.25) is 5.10 Å². The van der Waals surface area contributed by atoms with Crippen molar-refractivity contribution in [2.45, 2.75) is 33.6 Å². The highest BCUT2D eigenvalue weighted by Crippen LogP contribution is 2.39. The van der Waals surface area contributed by atoms with E-state index in [0.29, 0.717) is 5.92 Å². The molecule has 0 bridgehead atoms. The van der Waals surface area contributed by atoms with Crippen molar-refractivity contribution in [2.24, 2.45) is 5.92 Å². The zero-order chi connectivity index (χ0) is 10.8. The summed E-state index contributed by atoms with van der Waals surface area (Å²) in [6.07, 6.45) is 8.78. The van der Waals surface area contributed by atoms with Crippen LogP contribution in [0.5, 0.6) is 0 Å². The third-order valence-corrected chi connectivity index (χ3v) is 3.21. The van der Waals surface area contributed by atoms with Crippen molar-refractivity contribution in [3.05, 3.63) is 35.2 Å². The Kier molecular flexibility index (Phi) is 2.76. The highest BCUT2D eigenvalue weighted by Gasteiger charge is 2.22. The molecule has 80 valence electrons. The fraction of sp³-hybridized carbons (Fsp3) is 0.462. The Bertz CT molecular complexity index is 410. The van der Waals surface area contributed by atoms with E-state index in [0.717, 1.165) is 0 Å². The third-order valence-electron chi connectivity index (χ3n) is 3.21. The summed E-state index contributed by atoms with van der Waals surface area (Å²) in [5.41, 5.74) is 5.45. The van der Waals surface area contributed by atoms with Crippen molar-refractivity contribution in [1.82, 2.24) is 10.2 Å². The van der Waals surface area contributed by atoms with Crippen LogP contribution in [0, 0.1) is 12.8 Å². The molecule has 1 N–H and O–H groups in total. The molecule has 0 spiro atoms. The van der Waals surface area contributed by atoms with Crippen LogP contribution >= 0.6 is 0 Å². The first kappa shape index (κ1) is 10.2. The highest BCUT2D eigenvalue weighted by atomic mass is 15.1. The van der Waals surface area contributed by atoms with E-state index in [-0.39, 0.29) is 0 Å². The van der Waals surface area contributed by atoms with E-state index >= 15 is 0 Å². The lowest BCUT2D eigenvalue weighted by molar-refractivity contribution is 0.682. The van der Waals surface area contributed by atoms with E-state index in [1.165, 1.54) is 35.2 Å². The van der Waals surface area contributed by atoms with E-state index in [1.54, 1.807) is 0 Å². The minimum absolute atomic E-state index is 0.686. The third kappa shape index (κ3) is 1.76. The summed E-state index contributed by atoms with van der Waals surface area (Å²) in [5.74, 6) is 0.686. The normalized spacial score (nSPS) is 21.9. The molecule has 15 heavy (non-hydrogen) atoms. The number of hydrogen-bond donors (Lipinski definition) is 1. The van der Waals surface area contributed by atoms with Crippen molar-refractivity contribution in [3.8, 4) is 0 Å². The van der Waals surface area contributed by atoms with Crippen LogP contribution in [-0.2, 0) is 0 Å². The molecule has 0 radical (unpaired) electrons. The Balaban J connectivity index is 2.46. The lowest BCUT2D eigenvalue weighted by Gasteiger charge is -2.05. The monoisotopic (exact) mass is 202 g/mol. The van der Waals surface area contributed by atoms with Gasteiger partial charge >= 0.3 is 0 Å². The van der Waals surface area contributed by atoms with Gasteiger partial charge in [-0.15, -0.1) is 0 Å². The first-order valence-corrected chi connectivity index (χ1v) is 5.60. The van der Waals surface area contributed by atoms with Gasteiger partial charge in [0, 0.05) is 11.3 Å². The molecule has 0 fully saturated rings. The molecule has 2 nitrogen and oxygen atoms in total. The van der Waals surface area contributed by atoms with Crippen molar-refractivity contribution in [3.63, 3.8) is 0 Å².